The summed E-state index contributed by atoms with van der Waals surface area (Å²) in [6.07, 6.45) is 3.50. The number of rotatable bonds is 11. The summed E-state index contributed by atoms with van der Waals surface area (Å²) in [5.41, 5.74) is 3.44. The molecule has 0 aliphatic rings. The lowest BCUT2D eigenvalue weighted by molar-refractivity contribution is -0.136. The maximum atomic E-state index is 10.8. The molecule has 2 aromatic carbocycles. The number of carbonyl (C=O) groups is 1. The summed E-state index contributed by atoms with van der Waals surface area (Å²) in [6, 6.07) is 15.1. The minimum atomic E-state index is -0.842. The molecule has 0 fully saturated rings. The lowest BCUT2D eigenvalue weighted by atomic mass is 10.1. The number of carboxylic acids is 1. The van der Waals surface area contributed by atoms with Crippen molar-refractivity contribution in [3.05, 3.63) is 66.5 Å². The molecule has 0 bridgehead atoms. The van der Waals surface area contributed by atoms with Crippen LogP contribution in [0.15, 0.2) is 60.9 Å². The SMILES string of the molecule is CCN(CC)CCOc1ccc(Nc2ncc(-c3ccc(CC(=O)O)cc3)cn2)cc1. The van der Waals surface area contributed by atoms with Gasteiger partial charge in [0.25, 0.3) is 0 Å². The van der Waals surface area contributed by atoms with Gasteiger partial charge in [0.05, 0.1) is 6.42 Å². The molecule has 0 radical (unpaired) electrons. The van der Waals surface area contributed by atoms with Crippen LogP contribution in [-0.2, 0) is 11.2 Å². The molecule has 0 atom stereocenters. The summed E-state index contributed by atoms with van der Waals surface area (Å²) >= 11 is 0. The molecule has 1 aromatic heterocycles. The van der Waals surface area contributed by atoms with Crippen molar-refractivity contribution in [1.29, 1.82) is 0 Å². The first-order valence-electron chi connectivity index (χ1n) is 10.4. The molecule has 0 aliphatic carbocycles. The summed E-state index contributed by atoms with van der Waals surface area (Å²) in [6.45, 7) is 7.92. The average molecular weight is 421 g/mol. The van der Waals surface area contributed by atoms with Crippen LogP contribution in [-0.4, -0.2) is 52.2 Å². The van der Waals surface area contributed by atoms with Gasteiger partial charge in [0.15, 0.2) is 0 Å². The lowest BCUT2D eigenvalue weighted by Crippen LogP contribution is -2.27. The van der Waals surface area contributed by atoms with E-state index >= 15 is 0 Å². The molecule has 7 heteroatoms. The number of hydrogen-bond acceptors (Lipinski definition) is 6. The Labute approximate surface area is 182 Å². The zero-order valence-electron chi connectivity index (χ0n) is 17.9. The van der Waals surface area contributed by atoms with Gasteiger partial charge in [-0.2, -0.15) is 0 Å². The largest absolute Gasteiger partial charge is 0.492 e. The Kier molecular flexibility index (Phi) is 7.95. The van der Waals surface area contributed by atoms with Crippen LogP contribution in [0, 0.1) is 0 Å². The van der Waals surface area contributed by atoms with Gasteiger partial charge >= 0.3 is 5.97 Å². The number of aliphatic carboxylic acids is 1. The van der Waals surface area contributed by atoms with Gasteiger partial charge in [0.1, 0.15) is 12.4 Å². The third-order valence-corrected chi connectivity index (χ3v) is 4.98. The first kappa shape index (κ1) is 22.2. The van der Waals surface area contributed by atoms with Gasteiger partial charge in [0, 0.05) is 30.2 Å². The van der Waals surface area contributed by atoms with E-state index in [1.54, 1.807) is 24.5 Å². The van der Waals surface area contributed by atoms with E-state index in [-0.39, 0.29) is 6.42 Å². The number of carboxylic acid groups (broad SMARTS) is 1. The number of anilines is 2. The summed E-state index contributed by atoms with van der Waals surface area (Å²) in [5.74, 6) is 0.493. The third kappa shape index (κ3) is 6.79. The highest BCUT2D eigenvalue weighted by molar-refractivity contribution is 5.71. The number of ether oxygens (including phenoxy) is 1. The second-order valence-electron chi connectivity index (χ2n) is 7.09. The zero-order valence-corrected chi connectivity index (χ0v) is 17.9. The van der Waals surface area contributed by atoms with Crippen LogP contribution in [0.2, 0.25) is 0 Å². The molecule has 0 unspecified atom stereocenters. The van der Waals surface area contributed by atoms with Crippen LogP contribution >= 0.6 is 0 Å². The minimum Gasteiger partial charge on any atom is -0.492 e. The van der Waals surface area contributed by atoms with Gasteiger partial charge < -0.3 is 20.1 Å². The van der Waals surface area contributed by atoms with E-state index in [1.165, 1.54) is 0 Å². The van der Waals surface area contributed by atoms with E-state index < -0.39 is 5.97 Å². The van der Waals surface area contributed by atoms with Crippen molar-refractivity contribution >= 4 is 17.6 Å². The molecule has 0 aliphatic heterocycles. The van der Waals surface area contributed by atoms with Gasteiger partial charge in [-0.1, -0.05) is 38.1 Å². The van der Waals surface area contributed by atoms with Gasteiger partial charge in [0.2, 0.25) is 5.95 Å². The van der Waals surface area contributed by atoms with Crippen LogP contribution in [0.4, 0.5) is 11.6 Å². The fourth-order valence-electron chi connectivity index (χ4n) is 3.13. The van der Waals surface area contributed by atoms with E-state index in [0.717, 1.165) is 47.8 Å². The molecule has 0 saturated carbocycles. The van der Waals surface area contributed by atoms with E-state index in [0.29, 0.717) is 12.6 Å². The summed E-state index contributed by atoms with van der Waals surface area (Å²) in [4.78, 5) is 21.9. The smallest absolute Gasteiger partial charge is 0.307 e. The Morgan fingerprint density at radius 3 is 2.19 bits per heavy atom. The molecule has 3 aromatic rings. The van der Waals surface area contributed by atoms with E-state index in [1.807, 2.05) is 36.4 Å². The fourth-order valence-corrected chi connectivity index (χ4v) is 3.13. The van der Waals surface area contributed by atoms with Crippen molar-refractivity contribution in [2.45, 2.75) is 20.3 Å². The first-order chi connectivity index (χ1) is 15.1. The Balaban J connectivity index is 1.54. The fraction of sp³-hybridized carbons (Fsp3) is 0.292. The molecule has 1 heterocycles. The molecule has 0 saturated heterocycles. The van der Waals surface area contributed by atoms with Crippen molar-refractivity contribution in [3.63, 3.8) is 0 Å². The molecular formula is C24H28N4O3. The van der Waals surface area contributed by atoms with Crippen LogP contribution in [0.3, 0.4) is 0 Å². The van der Waals surface area contributed by atoms with E-state index in [4.69, 9.17) is 9.84 Å². The third-order valence-electron chi connectivity index (χ3n) is 4.98. The van der Waals surface area contributed by atoms with Gasteiger partial charge in [-0.25, -0.2) is 9.97 Å². The van der Waals surface area contributed by atoms with Crippen molar-refractivity contribution in [2.24, 2.45) is 0 Å². The number of likely N-dealkylation sites (N-methyl/N-ethyl adjacent to an activating group) is 1. The van der Waals surface area contributed by atoms with Crippen LogP contribution in [0.25, 0.3) is 11.1 Å². The molecule has 2 N–H and O–H groups in total. The molecule has 0 spiro atoms. The number of nitrogens with zero attached hydrogens (tertiary/aromatic N) is 3. The number of benzene rings is 2. The summed E-state index contributed by atoms with van der Waals surface area (Å²) in [5, 5.41) is 12.0. The monoisotopic (exact) mass is 420 g/mol. The van der Waals surface area contributed by atoms with Crippen LogP contribution < -0.4 is 10.1 Å². The first-order valence-corrected chi connectivity index (χ1v) is 10.4. The van der Waals surface area contributed by atoms with E-state index in [2.05, 4.69) is 34.0 Å². The summed E-state index contributed by atoms with van der Waals surface area (Å²) in [7, 11) is 0. The Bertz CT molecular complexity index is 954. The molecular weight excluding hydrogens is 392 g/mol. The normalized spacial score (nSPS) is 10.8. The Morgan fingerprint density at radius 1 is 0.968 bits per heavy atom. The Morgan fingerprint density at radius 2 is 1.61 bits per heavy atom. The van der Waals surface area contributed by atoms with E-state index in [9.17, 15) is 4.79 Å². The highest BCUT2D eigenvalue weighted by atomic mass is 16.5. The molecule has 7 nitrogen and oxygen atoms in total. The molecule has 3 rings (SSSR count). The van der Waals surface area contributed by atoms with Gasteiger partial charge in [-0.15, -0.1) is 0 Å². The summed E-state index contributed by atoms with van der Waals surface area (Å²) < 4.78 is 5.81. The van der Waals surface area contributed by atoms with Gasteiger partial charge in [-0.05, 0) is 48.5 Å². The van der Waals surface area contributed by atoms with Gasteiger partial charge in [-0.3, -0.25) is 4.79 Å². The van der Waals surface area contributed by atoms with Crippen molar-refractivity contribution < 1.29 is 14.6 Å². The maximum Gasteiger partial charge on any atom is 0.307 e. The number of hydrogen-bond donors (Lipinski definition) is 2. The Hall–Kier alpha value is -3.45. The second kappa shape index (κ2) is 11.1. The van der Waals surface area contributed by atoms with Crippen LogP contribution in [0.1, 0.15) is 19.4 Å². The highest BCUT2D eigenvalue weighted by Gasteiger charge is 2.05. The topological polar surface area (TPSA) is 87.6 Å². The predicted molar refractivity (Wildman–Crippen MR) is 122 cm³/mol. The number of nitrogens with one attached hydrogen (secondary N) is 1. The lowest BCUT2D eigenvalue weighted by Gasteiger charge is -2.18. The highest BCUT2D eigenvalue weighted by Crippen LogP contribution is 2.21. The van der Waals surface area contributed by atoms with Crippen molar-refractivity contribution in [1.82, 2.24) is 14.9 Å². The minimum absolute atomic E-state index is 0.0133. The molecule has 0 amide bonds. The maximum absolute atomic E-state index is 10.8. The standard InChI is InChI=1S/C24H28N4O3/c1-3-28(4-2)13-14-31-22-11-9-21(10-12-22)27-24-25-16-20(17-26-24)19-7-5-18(6-8-19)15-23(29)30/h5-12,16-17H,3-4,13-15H2,1-2H3,(H,29,30)(H,25,26,27). The predicted octanol–water partition coefficient (Wildman–Crippen LogP) is 4.23. The average Bonchev–Trinajstić information content (AvgIpc) is 2.79. The van der Waals surface area contributed by atoms with Crippen LogP contribution in [0.5, 0.6) is 5.75 Å². The second-order valence-corrected chi connectivity index (χ2v) is 7.09. The quantitative estimate of drug-likeness (QED) is 0.480. The van der Waals surface area contributed by atoms with Crippen molar-refractivity contribution in [2.75, 3.05) is 31.6 Å². The number of aromatic nitrogens is 2. The molecule has 31 heavy (non-hydrogen) atoms. The zero-order chi connectivity index (χ0) is 22.1. The molecule has 162 valence electrons. The van der Waals surface area contributed by atoms with Crippen molar-refractivity contribution in [3.8, 4) is 16.9 Å².